The smallest absolute Gasteiger partial charge is 0.250 e. The number of hydrogen-bond donors (Lipinski definition) is 3. The lowest BCUT2D eigenvalue weighted by atomic mass is 9.70. The number of ether oxygens (including phenoxy) is 1. The van der Waals surface area contributed by atoms with Crippen LogP contribution in [0, 0.1) is 25.7 Å². The van der Waals surface area contributed by atoms with E-state index in [0.29, 0.717) is 19.4 Å². The Hall–Kier alpha value is -2.45. The van der Waals surface area contributed by atoms with Crippen molar-refractivity contribution in [3.05, 3.63) is 29.3 Å². The van der Waals surface area contributed by atoms with Gasteiger partial charge in [0.15, 0.2) is 0 Å². The Labute approximate surface area is 195 Å². The van der Waals surface area contributed by atoms with Gasteiger partial charge in [-0.3, -0.25) is 14.4 Å². The van der Waals surface area contributed by atoms with Gasteiger partial charge >= 0.3 is 0 Å². The predicted molar refractivity (Wildman–Crippen MR) is 123 cm³/mol. The monoisotopic (exact) mass is 457 g/mol. The summed E-state index contributed by atoms with van der Waals surface area (Å²) in [6.45, 7) is 4.49. The van der Waals surface area contributed by atoms with Crippen molar-refractivity contribution in [1.29, 1.82) is 0 Å². The third-order valence-corrected chi connectivity index (χ3v) is 7.56. The molecule has 8 heteroatoms. The van der Waals surface area contributed by atoms with Crippen LogP contribution < -0.4 is 10.6 Å². The number of nitrogens with one attached hydrogen (secondary N) is 2. The van der Waals surface area contributed by atoms with E-state index in [1.165, 1.54) is 0 Å². The van der Waals surface area contributed by atoms with Gasteiger partial charge in [0.05, 0.1) is 17.9 Å². The van der Waals surface area contributed by atoms with Gasteiger partial charge in [-0.2, -0.15) is 0 Å². The van der Waals surface area contributed by atoms with Gasteiger partial charge in [0.25, 0.3) is 0 Å². The normalized spacial score (nSPS) is 29.9. The standard InChI is InChI=1S/C25H35N3O5/c1-15-8-9-16(2)17(14-15)27-23(31)21-25-11-10-18(33-25)19(22(30)26-3)20(25)24(32)28(21)12-6-4-5-7-13-29/h8-9,14,18-21,29H,4-7,10-13H2,1-3H3,(H,26,30)(H,27,31)/t18-,19+,20+,21?,25?/m1/s1. The summed E-state index contributed by atoms with van der Waals surface area (Å²) in [4.78, 5) is 41.7. The number of carbonyl (C=O) groups is 3. The van der Waals surface area contributed by atoms with E-state index in [-0.39, 0.29) is 30.4 Å². The van der Waals surface area contributed by atoms with Crippen LogP contribution in [0.3, 0.4) is 0 Å². The van der Waals surface area contributed by atoms with Crippen LogP contribution in [0.25, 0.3) is 0 Å². The molecule has 2 unspecified atom stereocenters. The van der Waals surface area contributed by atoms with E-state index in [2.05, 4.69) is 10.6 Å². The van der Waals surface area contributed by atoms with Crippen LogP contribution in [-0.2, 0) is 19.1 Å². The van der Waals surface area contributed by atoms with Gasteiger partial charge in [-0.1, -0.05) is 25.0 Å². The van der Waals surface area contributed by atoms with Crippen molar-refractivity contribution in [3.63, 3.8) is 0 Å². The number of aliphatic hydroxyl groups is 1. The van der Waals surface area contributed by atoms with E-state index in [4.69, 9.17) is 9.84 Å². The molecule has 3 amide bonds. The SMILES string of the molecule is CNC(=O)[C@@H]1[C@H]2C(=O)N(CCCCCCO)C(C(=O)Nc3cc(C)ccc3C)C23CC[C@H]1O3. The highest BCUT2D eigenvalue weighted by Gasteiger charge is 2.74. The summed E-state index contributed by atoms with van der Waals surface area (Å²) in [6.07, 6.45) is 4.10. The molecule has 1 aromatic rings. The molecule has 2 bridgehead atoms. The van der Waals surface area contributed by atoms with Crippen LogP contribution >= 0.6 is 0 Å². The Kier molecular flexibility index (Phi) is 6.77. The Morgan fingerprint density at radius 3 is 2.67 bits per heavy atom. The van der Waals surface area contributed by atoms with Gasteiger partial charge in [-0.15, -0.1) is 0 Å². The van der Waals surface area contributed by atoms with Gasteiger partial charge in [-0.25, -0.2) is 0 Å². The van der Waals surface area contributed by atoms with Crippen molar-refractivity contribution >= 4 is 23.4 Å². The van der Waals surface area contributed by atoms with Gasteiger partial charge in [-0.05, 0) is 56.7 Å². The van der Waals surface area contributed by atoms with Crippen LogP contribution in [0.15, 0.2) is 18.2 Å². The second-order valence-electron chi connectivity index (χ2n) is 9.65. The van der Waals surface area contributed by atoms with Gasteiger partial charge in [0, 0.05) is 25.9 Å². The van der Waals surface area contributed by atoms with E-state index in [9.17, 15) is 14.4 Å². The summed E-state index contributed by atoms with van der Waals surface area (Å²) in [5.74, 6) is -1.81. The highest BCUT2D eigenvalue weighted by molar-refractivity contribution is 6.03. The van der Waals surface area contributed by atoms with Crippen molar-refractivity contribution in [2.24, 2.45) is 11.8 Å². The molecule has 3 aliphatic rings. The molecule has 3 N–H and O–H groups in total. The van der Waals surface area contributed by atoms with E-state index in [1.54, 1.807) is 11.9 Å². The highest BCUT2D eigenvalue weighted by atomic mass is 16.5. The van der Waals surface area contributed by atoms with Crippen LogP contribution in [-0.4, -0.2) is 65.7 Å². The van der Waals surface area contributed by atoms with Crippen molar-refractivity contribution in [1.82, 2.24) is 10.2 Å². The molecular formula is C25H35N3O5. The van der Waals surface area contributed by atoms with Crippen LogP contribution in [0.4, 0.5) is 5.69 Å². The number of aryl methyl sites for hydroxylation is 2. The summed E-state index contributed by atoms with van der Waals surface area (Å²) in [6, 6.07) is 5.11. The number of carbonyl (C=O) groups excluding carboxylic acids is 3. The van der Waals surface area contributed by atoms with Crippen LogP contribution in [0.1, 0.15) is 49.7 Å². The van der Waals surface area contributed by atoms with Crippen LogP contribution in [0.5, 0.6) is 0 Å². The summed E-state index contributed by atoms with van der Waals surface area (Å²) in [5.41, 5.74) is 1.74. The fourth-order valence-corrected chi connectivity index (χ4v) is 5.98. The third kappa shape index (κ3) is 4.04. The molecule has 3 heterocycles. The second kappa shape index (κ2) is 9.43. The molecule has 8 nitrogen and oxygen atoms in total. The summed E-state index contributed by atoms with van der Waals surface area (Å²) < 4.78 is 6.37. The number of benzene rings is 1. The zero-order chi connectivity index (χ0) is 23.8. The summed E-state index contributed by atoms with van der Waals surface area (Å²) in [5, 5.41) is 14.8. The molecule has 5 atom stereocenters. The number of unbranched alkanes of at least 4 members (excludes halogenated alkanes) is 3. The van der Waals surface area contributed by atoms with Gasteiger partial charge in [0.2, 0.25) is 17.7 Å². The number of hydrogen-bond acceptors (Lipinski definition) is 5. The number of rotatable bonds is 9. The average molecular weight is 458 g/mol. The lowest BCUT2D eigenvalue weighted by Crippen LogP contribution is -2.53. The van der Waals surface area contributed by atoms with Gasteiger partial charge in [0.1, 0.15) is 11.6 Å². The number of amides is 3. The van der Waals surface area contributed by atoms with Gasteiger partial charge < -0.3 is 25.4 Å². The molecule has 180 valence electrons. The van der Waals surface area contributed by atoms with E-state index >= 15 is 0 Å². The number of nitrogens with zero attached hydrogens (tertiary/aromatic N) is 1. The Balaban J connectivity index is 1.63. The zero-order valence-corrected chi connectivity index (χ0v) is 19.7. The van der Waals surface area contributed by atoms with E-state index < -0.39 is 23.5 Å². The molecule has 0 aromatic heterocycles. The predicted octanol–water partition coefficient (Wildman–Crippen LogP) is 1.92. The molecule has 3 fully saturated rings. The van der Waals surface area contributed by atoms with Crippen molar-refractivity contribution in [2.45, 2.75) is 70.1 Å². The first kappa shape index (κ1) is 23.7. The lowest BCUT2D eigenvalue weighted by Gasteiger charge is -2.33. The van der Waals surface area contributed by atoms with E-state index in [1.807, 2.05) is 32.0 Å². The number of anilines is 1. The lowest BCUT2D eigenvalue weighted by molar-refractivity contribution is -0.140. The third-order valence-electron chi connectivity index (χ3n) is 7.56. The number of aliphatic hydroxyl groups excluding tert-OH is 1. The molecule has 33 heavy (non-hydrogen) atoms. The minimum Gasteiger partial charge on any atom is -0.396 e. The minimum atomic E-state index is -0.966. The quantitative estimate of drug-likeness (QED) is 0.491. The minimum absolute atomic E-state index is 0.151. The molecule has 1 spiro atoms. The Morgan fingerprint density at radius 2 is 1.94 bits per heavy atom. The Bertz CT molecular complexity index is 935. The molecule has 1 aromatic carbocycles. The molecule has 3 saturated heterocycles. The summed E-state index contributed by atoms with van der Waals surface area (Å²) >= 11 is 0. The molecule has 0 saturated carbocycles. The molecular weight excluding hydrogens is 422 g/mol. The van der Waals surface area contributed by atoms with E-state index in [0.717, 1.165) is 42.5 Å². The first-order chi connectivity index (χ1) is 15.8. The largest absolute Gasteiger partial charge is 0.396 e. The molecule has 3 aliphatic heterocycles. The molecule has 4 rings (SSSR count). The maximum absolute atomic E-state index is 13.7. The maximum Gasteiger partial charge on any atom is 0.250 e. The fourth-order valence-electron chi connectivity index (χ4n) is 5.98. The highest BCUT2D eigenvalue weighted by Crippen LogP contribution is 2.58. The first-order valence-electron chi connectivity index (χ1n) is 12.0. The van der Waals surface area contributed by atoms with Crippen molar-refractivity contribution in [3.8, 4) is 0 Å². The zero-order valence-electron chi connectivity index (χ0n) is 19.7. The topological polar surface area (TPSA) is 108 Å². The maximum atomic E-state index is 13.7. The van der Waals surface area contributed by atoms with Crippen molar-refractivity contribution < 1.29 is 24.2 Å². The molecule has 0 aliphatic carbocycles. The Morgan fingerprint density at radius 1 is 1.18 bits per heavy atom. The van der Waals surface area contributed by atoms with Crippen LogP contribution in [0.2, 0.25) is 0 Å². The molecule has 0 radical (unpaired) electrons. The summed E-state index contributed by atoms with van der Waals surface area (Å²) in [7, 11) is 1.57. The second-order valence-corrected chi connectivity index (χ2v) is 9.65. The van der Waals surface area contributed by atoms with Crippen molar-refractivity contribution in [2.75, 3.05) is 25.5 Å². The first-order valence-corrected chi connectivity index (χ1v) is 12.0. The fraction of sp³-hybridized carbons (Fsp3) is 0.640. The number of fused-ring (bicyclic) bond motifs is 1. The number of likely N-dealkylation sites (tertiary alicyclic amines) is 1. The average Bonchev–Trinajstić information content (AvgIpc) is 3.43.